The van der Waals surface area contributed by atoms with Crippen molar-refractivity contribution in [2.45, 2.75) is 31.7 Å². The van der Waals surface area contributed by atoms with Crippen LogP contribution in [0, 0.1) is 6.92 Å². The van der Waals surface area contributed by atoms with E-state index in [1.165, 1.54) is 11.1 Å². The molecule has 0 unspecified atom stereocenters. The molecule has 0 atom stereocenters. The molecule has 4 nitrogen and oxygen atoms in total. The fraction of sp³-hybridized carbons (Fsp3) is 0.600. The van der Waals surface area contributed by atoms with Gasteiger partial charge in [0.05, 0.1) is 18.6 Å². The summed E-state index contributed by atoms with van der Waals surface area (Å²) >= 11 is 0. The molecule has 104 valence electrons. The van der Waals surface area contributed by atoms with Crippen molar-refractivity contribution in [3.05, 3.63) is 23.3 Å². The van der Waals surface area contributed by atoms with Gasteiger partial charge in [-0.05, 0) is 44.0 Å². The molecule has 1 fully saturated rings. The first-order valence-electron chi connectivity index (χ1n) is 6.71. The summed E-state index contributed by atoms with van der Waals surface area (Å²) in [5, 5.41) is 0. The van der Waals surface area contributed by atoms with Gasteiger partial charge in [0.2, 0.25) is 0 Å². The van der Waals surface area contributed by atoms with Crippen LogP contribution in [0.5, 0.6) is 11.5 Å². The Morgan fingerprint density at radius 1 is 1.11 bits per heavy atom. The highest BCUT2D eigenvalue weighted by Crippen LogP contribution is 2.45. The number of nitrogens with two attached hydrogens (primary N) is 1. The molecule has 1 saturated heterocycles. The van der Waals surface area contributed by atoms with Gasteiger partial charge < -0.3 is 19.9 Å². The normalized spacial score (nSPS) is 20.8. The third-order valence-electron chi connectivity index (χ3n) is 4.34. The maximum atomic E-state index is 6.40. The van der Waals surface area contributed by atoms with Gasteiger partial charge in [-0.2, -0.15) is 0 Å². The Bertz CT molecular complexity index is 501. The Morgan fingerprint density at radius 3 is 2.16 bits per heavy atom. The predicted octanol–water partition coefficient (Wildman–Crippen LogP) is 1.77. The second-order valence-corrected chi connectivity index (χ2v) is 6.11. The summed E-state index contributed by atoms with van der Waals surface area (Å²) in [6, 6.07) is 4.14. The largest absolute Gasteiger partial charge is 0.486 e. The Hall–Kier alpha value is -1.26. The molecule has 0 radical (unpaired) electrons. The van der Waals surface area contributed by atoms with E-state index in [9.17, 15) is 0 Å². The van der Waals surface area contributed by atoms with Crippen LogP contribution in [0.3, 0.4) is 0 Å². The van der Waals surface area contributed by atoms with Gasteiger partial charge in [0.1, 0.15) is 13.2 Å². The summed E-state index contributed by atoms with van der Waals surface area (Å²) in [4.78, 5) is 0. The van der Waals surface area contributed by atoms with Crippen molar-refractivity contribution in [1.82, 2.24) is 0 Å². The van der Waals surface area contributed by atoms with Crippen LogP contribution in [0.15, 0.2) is 12.1 Å². The van der Waals surface area contributed by atoms with Gasteiger partial charge in [-0.1, -0.05) is 0 Å². The van der Waals surface area contributed by atoms with E-state index < -0.39 is 0 Å². The highest BCUT2D eigenvalue weighted by molar-refractivity contribution is 5.52. The van der Waals surface area contributed by atoms with Crippen LogP contribution >= 0.6 is 0 Å². The van der Waals surface area contributed by atoms with Gasteiger partial charge in [-0.25, -0.2) is 0 Å². The number of hydrogen-bond donors (Lipinski definition) is 1. The Kier molecular flexibility index (Phi) is 2.76. The van der Waals surface area contributed by atoms with Gasteiger partial charge in [0.25, 0.3) is 0 Å². The second-order valence-electron chi connectivity index (χ2n) is 6.11. The Morgan fingerprint density at radius 2 is 1.68 bits per heavy atom. The van der Waals surface area contributed by atoms with Gasteiger partial charge in [-0.15, -0.1) is 0 Å². The molecule has 2 N–H and O–H groups in total. The number of aryl methyl sites for hydroxylation is 1. The molecule has 0 spiro atoms. The maximum absolute atomic E-state index is 6.40. The fourth-order valence-corrected chi connectivity index (χ4v) is 2.89. The lowest BCUT2D eigenvalue weighted by Crippen LogP contribution is -2.65. The van der Waals surface area contributed by atoms with Crippen molar-refractivity contribution >= 4 is 0 Å². The van der Waals surface area contributed by atoms with E-state index in [-0.39, 0.29) is 11.0 Å². The van der Waals surface area contributed by atoms with Gasteiger partial charge in [0, 0.05) is 5.54 Å². The number of rotatable bonds is 2. The summed E-state index contributed by atoms with van der Waals surface area (Å²) < 4.78 is 16.8. The van der Waals surface area contributed by atoms with Crippen molar-refractivity contribution in [1.29, 1.82) is 0 Å². The lowest BCUT2D eigenvalue weighted by Gasteiger charge is -2.51. The molecule has 2 aliphatic heterocycles. The summed E-state index contributed by atoms with van der Waals surface area (Å²) in [6.45, 7) is 8.76. The standard InChI is InChI=1S/C15H21NO3/c1-10-6-12-13(19-5-4-18-12)7-11(10)15(8-17-9-15)14(2,3)16/h6-7H,4-5,8-9,16H2,1-3H3. The number of ether oxygens (including phenoxy) is 3. The average Bonchev–Trinajstić information content (AvgIpc) is 2.26. The predicted molar refractivity (Wildman–Crippen MR) is 72.9 cm³/mol. The summed E-state index contributed by atoms with van der Waals surface area (Å²) in [5.41, 5.74) is 8.34. The monoisotopic (exact) mass is 263 g/mol. The second kappa shape index (κ2) is 4.12. The van der Waals surface area contributed by atoms with Gasteiger partial charge >= 0.3 is 0 Å². The van der Waals surface area contributed by atoms with Gasteiger partial charge in [-0.3, -0.25) is 0 Å². The highest BCUT2D eigenvalue weighted by Gasteiger charge is 2.51. The van der Waals surface area contributed by atoms with Crippen molar-refractivity contribution < 1.29 is 14.2 Å². The molecule has 0 saturated carbocycles. The summed E-state index contributed by atoms with van der Waals surface area (Å²) in [7, 11) is 0. The summed E-state index contributed by atoms with van der Waals surface area (Å²) in [6.07, 6.45) is 0. The molecule has 0 amide bonds. The minimum atomic E-state index is -0.334. The van der Waals surface area contributed by atoms with Crippen molar-refractivity contribution in [2.24, 2.45) is 5.73 Å². The molecule has 0 bridgehead atoms. The molecular formula is C15H21NO3. The molecule has 0 aliphatic carbocycles. The quantitative estimate of drug-likeness (QED) is 0.883. The summed E-state index contributed by atoms with van der Waals surface area (Å²) in [5.74, 6) is 1.65. The average molecular weight is 263 g/mol. The van der Waals surface area contributed by atoms with E-state index in [1.807, 2.05) is 0 Å². The van der Waals surface area contributed by atoms with E-state index in [4.69, 9.17) is 19.9 Å². The lowest BCUT2D eigenvalue weighted by molar-refractivity contribution is -0.0923. The molecule has 2 aliphatic rings. The lowest BCUT2D eigenvalue weighted by atomic mass is 9.64. The van der Waals surface area contributed by atoms with E-state index in [1.54, 1.807) is 0 Å². The number of benzene rings is 1. The van der Waals surface area contributed by atoms with Crippen molar-refractivity contribution in [3.63, 3.8) is 0 Å². The van der Waals surface area contributed by atoms with Crippen LogP contribution in [0.1, 0.15) is 25.0 Å². The molecule has 2 heterocycles. The maximum Gasteiger partial charge on any atom is 0.161 e. The molecule has 4 heteroatoms. The number of hydrogen-bond acceptors (Lipinski definition) is 4. The van der Waals surface area contributed by atoms with Crippen LogP contribution in [-0.2, 0) is 10.2 Å². The van der Waals surface area contributed by atoms with E-state index in [2.05, 4.69) is 32.9 Å². The van der Waals surface area contributed by atoms with E-state index >= 15 is 0 Å². The van der Waals surface area contributed by atoms with E-state index in [0.29, 0.717) is 26.4 Å². The SMILES string of the molecule is Cc1cc2c(cc1C1(C(C)(C)N)COC1)OCCO2. The van der Waals surface area contributed by atoms with Crippen molar-refractivity contribution in [3.8, 4) is 11.5 Å². The third kappa shape index (κ3) is 1.82. The molecule has 3 rings (SSSR count). The van der Waals surface area contributed by atoms with Crippen LogP contribution in [0.25, 0.3) is 0 Å². The fourth-order valence-electron chi connectivity index (χ4n) is 2.89. The minimum Gasteiger partial charge on any atom is -0.486 e. The zero-order chi connectivity index (χ0) is 13.7. The first-order valence-corrected chi connectivity index (χ1v) is 6.71. The van der Waals surface area contributed by atoms with Gasteiger partial charge in [0.15, 0.2) is 11.5 Å². The third-order valence-corrected chi connectivity index (χ3v) is 4.34. The number of fused-ring (bicyclic) bond motifs is 1. The molecular weight excluding hydrogens is 242 g/mol. The smallest absolute Gasteiger partial charge is 0.161 e. The molecule has 1 aromatic carbocycles. The Balaban J connectivity index is 2.09. The highest BCUT2D eigenvalue weighted by atomic mass is 16.6. The molecule has 0 aromatic heterocycles. The van der Waals surface area contributed by atoms with Crippen LogP contribution < -0.4 is 15.2 Å². The minimum absolute atomic E-state index is 0.132. The van der Waals surface area contributed by atoms with Crippen LogP contribution in [0.4, 0.5) is 0 Å². The topological polar surface area (TPSA) is 53.7 Å². The molecule has 19 heavy (non-hydrogen) atoms. The van der Waals surface area contributed by atoms with Crippen LogP contribution in [0.2, 0.25) is 0 Å². The van der Waals surface area contributed by atoms with Crippen molar-refractivity contribution in [2.75, 3.05) is 26.4 Å². The van der Waals surface area contributed by atoms with Crippen LogP contribution in [-0.4, -0.2) is 32.0 Å². The first kappa shape index (κ1) is 12.8. The molecule has 1 aromatic rings. The Labute approximate surface area is 113 Å². The first-order chi connectivity index (χ1) is 8.94. The zero-order valence-corrected chi connectivity index (χ0v) is 11.8. The zero-order valence-electron chi connectivity index (χ0n) is 11.8. The van der Waals surface area contributed by atoms with E-state index in [0.717, 1.165) is 11.5 Å².